The summed E-state index contributed by atoms with van der Waals surface area (Å²) in [5.74, 6) is -2.33. The predicted molar refractivity (Wildman–Crippen MR) is 87.9 cm³/mol. The van der Waals surface area contributed by atoms with Crippen LogP contribution in [-0.4, -0.2) is 28.0 Å². The maximum Gasteiger partial charge on any atom is 0.241 e. The SMILES string of the molecule is COc1ccc(S(=O)(=O)NCC(=O)Nc2c(F)cccc2F)c(C)c1. The Bertz CT molecular complexity index is 881. The average molecular weight is 370 g/mol. The minimum atomic E-state index is -3.98. The zero-order valence-electron chi connectivity index (χ0n) is 13.5. The van der Waals surface area contributed by atoms with E-state index in [9.17, 15) is 22.0 Å². The van der Waals surface area contributed by atoms with E-state index in [4.69, 9.17) is 4.74 Å². The van der Waals surface area contributed by atoms with Crippen molar-refractivity contribution >= 4 is 21.6 Å². The van der Waals surface area contributed by atoms with Gasteiger partial charge in [-0.1, -0.05) is 6.07 Å². The molecule has 0 radical (unpaired) electrons. The number of para-hydroxylation sites is 1. The summed E-state index contributed by atoms with van der Waals surface area (Å²) >= 11 is 0. The molecule has 0 spiro atoms. The molecule has 1 amide bonds. The zero-order valence-corrected chi connectivity index (χ0v) is 14.3. The topological polar surface area (TPSA) is 84.5 Å². The molecule has 0 unspecified atom stereocenters. The van der Waals surface area contributed by atoms with Gasteiger partial charge in [0.2, 0.25) is 15.9 Å². The first-order valence-electron chi connectivity index (χ1n) is 7.13. The smallest absolute Gasteiger partial charge is 0.241 e. The fraction of sp³-hybridized carbons (Fsp3) is 0.188. The minimum Gasteiger partial charge on any atom is -0.497 e. The molecule has 0 aliphatic carbocycles. The number of rotatable bonds is 6. The molecule has 0 aliphatic rings. The number of methoxy groups -OCH3 is 1. The van der Waals surface area contributed by atoms with Gasteiger partial charge < -0.3 is 10.1 Å². The third-order valence-corrected chi connectivity index (χ3v) is 4.88. The Kier molecular flexibility index (Phi) is 5.70. The molecular formula is C16H16F2N2O4S. The number of halogens is 2. The van der Waals surface area contributed by atoms with Crippen LogP contribution in [0.15, 0.2) is 41.3 Å². The first kappa shape index (κ1) is 18.8. The van der Waals surface area contributed by atoms with Crippen molar-refractivity contribution in [3.05, 3.63) is 53.6 Å². The monoisotopic (exact) mass is 370 g/mol. The van der Waals surface area contributed by atoms with Crippen molar-refractivity contribution in [3.8, 4) is 5.75 Å². The number of hydrogen-bond acceptors (Lipinski definition) is 4. The van der Waals surface area contributed by atoms with Gasteiger partial charge in [-0.25, -0.2) is 21.9 Å². The number of amides is 1. The van der Waals surface area contributed by atoms with Crippen LogP contribution in [-0.2, 0) is 14.8 Å². The average Bonchev–Trinajstić information content (AvgIpc) is 2.56. The van der Waals surface area contributed by atoms with E-state index in [1.807, 2.05) is 5.32 Å². The molecule has 0 aromatic heterocycles. The number of hydrogen-bond donors (Lipinski definition) is 2. The number of carbonyl (C=O) groups is 1. The molecule has 6 nitrogen and oxygen atoms in total. The molecule has 9 heteroatoms. The number of nitrogens with one attached hydrogen (secondary N) is 2. The molecule has 0 aliphatic heterocycles. The molecule has 0 fully saturated rings. The van der Waals surface area contributed by atoms with Gasteiger partial charge in [0, 0.05) is 0 Å². The number of carbonyl (C=O) groups excluding carboxylic acids is 1. The molecule has 0 heterocycles. The van der Waals surface area contributed by atoms with E-state index < -0.39 is 39.8 Å². The second-order valence-electron chi connectivity index (χ2n) is 5.10. The lowest BCUT2D eigenvalue weighted by molar-refractivity contribution is -0.115. The van der Waals surface area contributed by atoms with E-state index in [1.165, 1.54) is 25.3 Å². The summed E-state index contributed by atoms with van der Waals surface area (Å²) in [7, 11) is -2.53. The molecule has 134 valence electrons. The first-order valence-corrected chi connectivity index (χ1v) is 8.61. The Morgan fingerprint density at radius 1 is 1.16 bits per heavy atom. The van der Waals surface area contributed by atoms with Crippen molar-refractivity contribution in [1.29, 1.82) is 0 Å². The van der Waals surface area contributed by atoms with E-state index in [-0.39, 0.29) is 4.90 Å². The van der Waals surface area contributed by atoms with Gasteiger partial charge in [-0.3, -0.25) is 4.79 Å². The lowest BCUT2D eigenvalue weighted by Crippen LogP contribution is -2.33. The van der Waals surface area contributed by atoms with E-state index in [0.717, 1.165) is 18.2 Å². The standard InChI is InChI=1S/C16H16F2N2O4S/c1-10-8-11(24-2)6-7-14(10)25(22,23)19-9-15(21)20-16-12(17)4-3-5-13(16)18/h3-8,19H,9H2,1-2H3,(H,20,21). The molecule has 0 atom stereocenters. The quantitative estimate of drug-likeness (QED) is 0.816. The molecule has 2 aromatic rings. The third-order valence-electron chi connectivity index (χ3n) is 3.32. The Hall–Kier alpha value is -2.52. The maximum absolute atomic E-state index is 13.5. The second kappa shape index (κ2) is 7.58. The first-order chi connectivity index (χ1) is 11.7. The van der Waals surface area contributed by atoms with Crippen LogP contribution in [0, 0.1) is 18.6 Å². The minimum absolute atomic E-state index is 0.0295. The molecule has 0 saturated heterocycles. The third kappa shape index (κ3) is 4.52. The predicted octanol–water partition coefficient (Wildman–Crippen LogP) is 2.20. The number of anilines is 1. The van der Waals surface area contributed by atoms with E-state index in [2.05, 4.69) is 4.72 Å². The van der Waals surface area contributed by atoms with Crippen molar-refractivity contribution < 1.29 is 26.7 Å². The van der Waals surface area contributed by atoms with Crippen molar-refractivity contribution in [2.75, 3.05) is 19.0 Å². The molecule has 2 N–H and O–H groups in total. The van der Waals surface area contributed by atoms with Gasteiger partial charge in [0.05, 0.1) is 18.6 Å². The summed E-state index contributed by atoms with van der Waals surface area (Å²) in [6, 6.07) is 7.44. The fourth-order valence-corrected chi connectivity index (χ4v) is 3.30. The zero-order chi connectivity index (χ0) is 18.6. The number of sulfonamides is 1. The van der Waals surface area contributed by atoms with Gasteiger partial charge in [0.15, 0.2) is 0 Å². The van der Waals surface area contributed by atoms with Gasteiger partial charge in [-0.05, 0) is 42.8 Å². The largest absolute Gasteiger partial charge is 0.497 e. The van der Waals surface area contributed by atoms with Crippen molar-refractivity contribution in [1.82, 2.24) is 4.72 Å². The molecule has 2 aromatic carbocycles. The molecular weight excluding hydrogens is 354 g/mol. The number of ether oxygens (including phenoxy) is 1. The van der Waals surface area contributed by atoms with E-state index in [0.29, 0.717) is 11.3 Å². The number of benzene rings is 2. The van der Waals surface area contributed by atoms with Crippen LogP contribution >= 0.6 is 0 Å². The summed E-state index contributed by atoms with van der Waals surface area (Å²) in [4.78, 5) is 11.8. The molecule has 0 bridgehead atoms. The van der Waals surface area contributed by atoms with Gasteiger partial charge in [0.1, 0.15) is 23.1 Å². The number of aryl methyl sites for hydroxylation is 1. The van der Waals surface area contributed by atoms with E-state index >= 15 is 0 Å². The summed E-state index contributed by atoms with van der Waals surface area (Å²) < 4.78 is 58.6. The molecule has 2 rings (SSSR count). The Balaban J connectivity index is 2.08. The Morgan fingerprint density at radius 3 is 2.36 bits per heavy atom. The van der Waals surface area contributed by atoms with Gasteiger partial charge in [0.25, 0.3) is 0 Å². The maximum atomic E-state index is 13.5. The van der Waals surface area contributed by atoms with Crippen molar-refractivity contribution in [2.45, 2.75) is 11.8 Å². The molecule has 25 heavy (non-hydrogen) atoms. The summed E-state index contributed by atoms with van der Waals surface area (Å²) in [5, 5.41) is 2.00. The van der Waals surface area contributed by atoms with Gasteiger partial charge >= 0.3 is 0 Å². The van der Waals surface area contributed by atoms with Crippen LogP contribution in [0.5, 0.6) is 5.75 Å². The summed E-state index contributed by atoms with van der Waals surface area (Å²) in [6.07, 6.45) is 0. The summed E-state index contributed by atoms with van der Waals surface area (Å²) in [6.45, 7) is 0.896. The highest BCUT2D eigenvalue weighted by molar-refractivity contribution is 7.89. The van der Waals surface area contributed by atoms with Gasteiger partial charge in [-0.2, -0.15) is 0 Å². The van der Waals surface area contributed by atoms with Crippen LogP contribution < -0.4 is 14.8 Å². The van der Waals surface area contributed by atoms with Crippen LogP contribution in [0.3, 0.4) is 0 Å². The highest BCUT2D eigenvalue weighted by atomic mass is 32.2. The Labute approximate surface area is 143 Å². The normalized spacial score (nSPS) is 11.2. The second-order valence-corrected chi connectivity index (χ2v) is 6.84. The van der Waals surface area contributed by atoms with Gasteiger partial charge in [-0.15, -0.1) is 0 Å². The highest BCUT2D eigenvalue weighted by Crippen LogP contribution is 2.21. The lowest BCUT2D eigenvalue weighted by atomic mass is 10.2. The Morgan fingerprint density at radius 2 is 1.80 bits per heavy atom. The fourth-order valence-electron chi connectivity index (χ4n) is 2.09. The van der Waals surface area contributed by atoms with Crippen LogP contribution in [0.2, 0.25) is 0 Å². The highest BCUT2D eigenvalue weighted by Gasteiger charge is 2.19. The van der Waals surface area contributed by atoms with Crippen molar-refractivity contribution in [2.24, 2.45) is 0 Å². The van der Waals surface area contributed by atoms with Crippen molar-refractivity contribution in [3.63, 3.8) is 0 Å². The van der Waals surface area contributed by atoms with E-state index in [1.54, 1.807) is 6.92 Å². The lowest BCUT2D eigenvalue weighted by Gasteiger charge is -2.11. The van der Waals surface area contributed by atoms with Crippen LogP contribution in [0.1, 0.15) is 5.56 Å². The summed E-state index contributed by atoms with van der Waals surface area (Å²) in [5.41, 5.74) is -0.209. The molecule has 0 saturated carbocycles. The van der Waals surface area contributed by atoms with Crippen LogP contribution in [0.4, 0.5) is 14.5 Å². The van der Waals surface area contributed by atoms with Crippen LogP contribution in [0.25, 0.3) is 0 Å².